The molecule has 220 valence electrons. The first-order chi connectivity index (χ1) is 17.7. The summed E-state index contributed by atoms with van der Waals surface area (Å²) in [6.45, 7) is 10.1. The van der Waals surface area contributed by atoms with E-state index in [1.807, 2.05) is 27.7 Å². The number of rotatable bonds is 7. The summed E-state index contributed by atoms with van der Waals surface area (Å²) in [5.74, 6) is 0.784. The van der Waals surface area contributed by atoms with Crippen LogP contribution >= 0.6 is 27.0 Å². The van der Waals surface area contributed by atoms with E-state index in [9.17, 15) is 18.0 Å². The molecule has 0 aromatic carbocycles. The van der Waals surface area contributed by atoms with Crippen LogP contribution in [0.4, 0.5) is 30.6 Å². The number of carbonyl (C=O) groups is 1. The molecule has 4 rings (SSSR count). The van der Waals surface area contributed by atoms with Crippen LogP contribution in [0.3, 0.4) is 0 Å². The van der Waals surface area contributed by atoms with E-state index < -0.39 is 23.5 Å². The Bertz CT molecular complexity index is 1310. The normalized spacial score (nSPS) is 15.9. The number of aromatic nitrogens is 5. The molecule has 0 radical (unpaired) electrons. The summed E-state index contributed by atoms with van der Waals surface area (Å²) in [5, 5.41) is 10.4. The van der Waals surface area contributed by atoms with Gasteiger partial charge in [0.1, 0.15) is 17.4 Å². The zero-order valence-corrected chi connectivity index (χ0v) is 25.1. The number of ether oxygens (including phenoxy) is 1. The van der Waals surface area contributed by atoms with Gasteiger partial charge in [0.05, 0.1) is 30.1 Å². The molecule has 0 spiro atoms. The van der Waals surface area contributed by atoms with E-state index in [4.69, 9.17) is 4.74 Å². The maximum absolute atomic E-state index is 12.9. The molecule has 4 heterocycles. The molecule has 0 aliphatic carbocycles. The van der Waals surface area contributed by atoms with Crippen LogP contribution in [0, 0.1) is 6.92 Å². The fourth-order valence-corrected chi connectivity index (χ4v) is 4.33. The molecular weight excluding hydrogens is 565 g/mol. The fourth-order valence-electron chi connectivity index (χ4n) is 4.33. The van der Waals surface area contributed by atoms with Crippen LogP contribution in [0.1, 0.15) is 50.2 Å². The van der Waals surface area contributed by atoms with Crippen LogP contribution in [0.2, 0.25) is 0 Å². The lowest BCUT2D eigenvalue weighted by Gasteiger charge is -2.39. The lowest BCUT2D eigenvalue weighted by atomic mass is 10.1. The van der Waals surface area contributed by atoms with Crippen LogP contribution < -0.4 is 15.5 Å². The predicted molar refractivity (Wildman–Crippen MR) is 157 cm³/mol. The van der Waals surface area contributed by atoms with E-state index in [2.05, 4.69) is 30.7 Å². The average molecular weight is 601 g/mol. The molecule has 40 heavy (non-hydrogen) atoms. The second kappa shape index (κ2) is 12.6. The van der Waals surface area contributed by atoms with E-state index in [1.54, 1.807) is 35.9 Å². The first kappa shape index (κ1) is 33.2. The Kier molecular flexibility index (Phi) is 10.5. The summed E-state index contributed by atoms with van der Waals surface area (Å²) < 4.78 is 45.8. The monoisotopic (exact) mass is 600 g/mol. The third-order valence-corrected chi connectivity index (χ3v) is 5.92. The van der Waals surface area contributed by atoms with Gasteiger partial charge in [0, 0.05) is 31.5 Å². The van der Waals surface area contributed by atoms with Crippen molar-refractivity contribution in [2.45, 2.75) is 71.6 Å². The minimum atomic E-state index is -4.47. The van der Waals surface area contributed by atoms with E-state index in [0.717, 1.165) is 11.6 Å². The highest BCUT2D eigenvalue weighted by Gasteiger charge is 2.39. The van der Waals surface area contributed by atoms with Gasteiger partial charge in [-0.3, -0.25) is 14.5 Å². The molecule has 0 bridgehead atoms. The van der Waals surface area contributed by atoms with Gasteiger partial charge >= 0.3 is 6.18 Å². The molecule has 3 aromatic rings. The Morgan fingerprint density at radius 3 is 2.42 bits per heavy atom. The van der Waals surface area contributed by atoms with Crippen LogP contribution in [-0.2, 0) is 28.8 Å². The average Bonchev–Trinajstić information content (AvgIpc) is 3.24. The highest BCUT2D eigenvalue weighted by atomic mass is 32.1. The summed E-state index contributed by atoms with van der Waals surface area (Å²) in [4.78, 5) is 27.3. The summed E-state index contributed by atoms with van der Waals surface area (Å²) in [6, 6.07) is 1.77. The largest absolute Gasteiger partial charge is 0.433 e. The molecule has 3 aromatic heterocycles. The molecule has 0 unspecified atom stereocenters. The number of halogens is 3. The van der Waals surface area contributed by atoms with Crippen molar-refractivity contribution in [3.05, 3.63) is 53.2 Å². The molecule has 2 atom stereocenters. The van der Waals surface area contributed by atoms with Crippen molar-refractivity contribution in [1.82, 2.24) is 24.7 Å². The van der Waals surface area contributed by atoms with Gasteiger partial charge in [0.25, 0.3) is 0 Å². The molecule has 1 aliphatic rings. The third-order valence-electron chi connectivity index (χ3n) is 5.92. The number of pyridine rings is 1. The summed E-state index contributed by atoms with van der Waals surface area (Å²) in [7, 11) is 1.81. The standard InChI is InChI=1S/C25H31F3N8O2.2H2S/c1-14-19-21(35(6)20(22(37)33-19)15(2)38-24(3,4)5)34-23(32-14)30-10-17-11-31-36(13-17)12-16-7-8-18(29-9-16)25(26,27)28;;/h7-9,11,13,15,20H,10,12H2,1-6H3,(H,33,37)(H,30,32,34);2*1H2/t15-,20-;;/m0../s1. The Labute approximate surface area is 245 Å². The van der Waals surface area contributed by atoms with Gasteiger partial charge in [-0.25, -0.2) is 4.98 Å². The minimum Gasteiger partial charge on any atom is -0.370 e. The topological polar surface area (TPSA) is 110 Å². The number of aryl methyl sites for hydroxylation is 1. The van der Waals surface area contributed by atoms with Gasteiger partial charge in [0.15, 0.2) is 5.82 Å². The van der Waals surface area contributed by atoms with Crippen molar-refractivity contribution in [1.29, 1.82) is 0 Å². The number of hydrogen-bond acceptors (Lipinski definition) is 8. The van der Waals surface area contributed by atoms with Crippen LogP contribution in [0.5, 0.6) is 0 Å². The highest BCUT2D eigenvalue weighted by molar-refractivity contribution is 7.59. The maximum Gasteiger partial charge on any atom is 0.433 e. The van der Waals surface area contributed by atoms with Crippen molar-refractivity contribution < 1.29 is 22.7 Å². The molecular formula is C25H35F3N8O2S2. The zero-order chi connectivity index (χ0) is 27.8. The van der Waals surface area contributed by atoms with Gasteiger partial charge < -0.3 is 20.3 Å². The lowest BCUT2D eigenvalue weighted by Crippen LogP contribution is -2.54. The van der Waals surface area contributed by atoms with Gasteiger partial charge in [-0.05, 0) is 46.2 Å². The number of nitrogens with one attached hydrogen (secondary N) is 2. The quantitative estimate of drug-likeness (QED) is 0.415. The second-order valence-electron chi connectivity index (χ2n) is 10.3. The molecule has 0 saturated carbocycles. The van der Waals surface area contributed by atoms with Crippen molar-refractivity contribution in [3.8, 4) is 0 Å². The van der Waals surface area contributed by atoms with Gasteiger partial charge in [-0.15, -0.1) is 0 Å². The van der Waals surface area contributed by atoms with Crippen molar-refractivity contribution in [2.24, 2.45) is 0 Å². The number of carbonyl (C=O) groups excluding carboxylic acids is 1. The van der Waals surface area contributed by atoms with E-state index >= 15 is 0 Å². The lowest BCUT2D eigenvalue weighted by molar-refractivity contribution is -0.141. The Morgan fingerprint density at radius 2 is 1.82 bits per heavy atom. The number of anilines is 3. The molecule has 0 fully saturated rings. The van der Waals surface area contributed by atoms with Gasteiger partial charge in [-0.1, -0.05) is 6.07 Å². The smallest absolute Gasteiger partial charge is 0.370 e. The van der Waals surface area contributed by atoms with Crippen molar-refractivity contribution >= 4 is 50.4 Å². The molecule has 0 saturated heterocycles. The zero-order valence-electron chi connectivity index (χ0n) is 23.1. The number of hydrogen-bond donors (Lipinski definition) is 2. The van der Waals surface area contributed by atoms with E-state index in [-0.39, 0.29) is 45.5 Å². The summed E-state index contributed by atoms with van der Waals surface area (Å²) in [6.07, 6.45) is -0.222. The SMILES string of the molecule is Cc1nc(NCc2cnn(Cc3ccc(C(F)(F)F)nc3)c2)nc2c1NC(=O)[C@H]([C@H](C)OC(C)(C)C)N2C.S.S. The van der Waals surface area contributed by atoms with Crippen LogP contribution in [0.15, 0.2) is 30.7 Å². The molecule has 15 heteroatoms. The van der Waals surface area contributed by atoms with Crippen LogP contribution in [-0.4, -0.2) is 55.4 Å². The first-order valence-electron chi connectivity index (χ1n) is 12.1. The van der Waals surface area contributed by atoms with E-state index in [0.29, 0.717) is 35.3 Å². The van der Waals surface area contributed by atoms with Gasteiger partial charge in [0.2, 0.25) is 11.9 Å². The Hall–Kier alpha value is -3.04. The maximum atomic E-state index is 12.9. The highest BCUT2D eigenvalue weighted by Crippen LogP contribution is 2.34. The number of fused-ring (bicyclic) bond motifs is 1. The summed E-state index contributed by atoms with van der Waals surface area (Å²) >= 11 is 0. The molecule has 10 nitrogen and oxygen atoms in total. The first-order valence-corrected chi connectivity index (χ1v) is 12.1. The Balaban J connectivity index is 0.00000280. The van der Waals surface area contributed by atoms with Crippen molar-refractivity contribution in [3.63, 3.8) is 0 Å². The number of amides is 1. The molecule has 1 amide bonds. The fraction of sp³-hybridized carbons (Fsp3) is 0.480. The van der Waals surface area contributed by atoms with Gasteiger partial charge in [-0.2, -0.15) is 50.2 Å². The minimum absolute atomic E-state index is 0. The van der Waals surface area contributed by atoms with Crippen molar-refractivity contribution in [2.75, 3.05) is 22.6 Å². The van der Waals surface area contributed by atoms with Crippen LogP contribution in [0.25, 0.3) is 0 Å². The molecule has 1 aliphatic heterocycles. The summed E-state index contributed by atoms with van der Waals surface area (Å²) in [5.41, 5.74) is 1.25. The number of alkyl halides is 3. The second-order valence-corrected chi connectivity index (χ2v) is 10.3. The molecule has 2 N–H and O–H groups in total. The third kappa shape index (κ3) is 7.79. The number of nitrogens with zero attached hydrogens (tertiary/aromatic N) is 6. The Morgan fingerprint density at radius 1 is 1.12 bits per heavy atom. The van der Waals surface area contributed by atoms with E-state index in [1.165, 1.54) is 12.3 Å². The predicted octanol–water partition coefficient (Wildman–Crippen LogP) is 4.24. The number of likely N-dealkylation sites (N-methyl/N-ethyl adjacent to an activating group) is 1.